The number of hydrogen-bond acceptors (Lipinski definition) is 3. The molecule has 1 atom stereocenters. The molecule has 0 bridgehead atoms. The maximum absolute atomic E-state index is 11.6. The second-order valence-electron chi connectivity index (χ2n) is 5.50. The van der Waals surface area contributed by atoms with Crippen LogP contribution >= 0.6 is 0 Å². The molecule has 0 saturated carbocycles. The van der Waals surface area contributed by atoms with Crippen LogP contribution < -0.4 is 15.4 Å². The number of rotatable bonds is 8. The van der Waals surface area contributed by atoms with Gasteiger partial charge in [0.25, 0.3) is 0 Å². The van der Waals surface area contributed by atoms with Gasteiger partial charge in [0.2, 0.25) is 5.91 Å². The Kier molecular flexibility index (Phi) is 7.09. The molecule has 0 aliphatic carbocycles. The van der Waals surface area contributed by atoms with Gasteiger partial charge < -0.3 is 15.4 Å². The molecule has 0 saturated heterocycles. The minimum absolute atomic E-state index is 0.0468. The number of carbonyl (C=O) groups excluding carboxylic acids is 1. The molecular formula is C16H26N2O2. The first-order chi connectivity index (χ1) is 9.52. The summed E-state index contributed by atoms with van der Waals surface area (Å²) in [5.74, 6) is 1.42. The lowest BCUT2D eigenvalue weighted by molar-refractivity contribution is -0.120. The average molecular weight is 278 g/mol. The van der Waals surface area contributed by atoms with Crippen molar-refractivity contribution >= 4 is 5.91 Å². The van der Waals surface area contributed by atoms with Crippen LogP contribution in [0.4, 0.5) is 0 Å². The summed E-state index contributed by atoms with van der Waals surface area (Å²) in [5, 5.41) is 6.14. The number of ether oxygens (including phenoxy) is 1. The van der Waals surface area contributed by atoms with Crippen molar-refractivity contribution in [3.63, 3.8) is 0 Å². The van der Waals surface area contributed by atoms with Gasteiger partial charge in [0.1, 0.15) is 5.75 Å². The SMILES string of the molecule is COc1ccccc1CC(C)NCC(=O)NCC(C)C. The van der Waals surface area contributed by atoms with Crippen LogP contribution in [0.25, 0.3) is 0 Å². The highest BCUT2D eigenvalue weighted by Crippen LogP contribution is 2.18. The van der Waals surface area contributed by atoms with Crippen molar-refractivity contribution in [3.8, 4) is 5.75 Å². The molecule has 0 aromatic heterocycles. The summed E-state index contributed by atoms with van der Waals surface area (Å²) < 4.78 is 5.33. The van der Waals surface area contributed by atoms with E-state index in [4.69, 9.17) is 4.74 Å². The van der Waals surface area contributed by atoms with Crippen molar-refractivity contribution in [1.29, 1.82) is 0 Å². The molecule has 2 N–H and O–H groups in total. The Bertz CT molecular complexity index is 419. The number of para-hydroxylation sites is 1. The third kappa shape index (κ3) is 6.06. The summed E-state index contributed by atoms with van der Waals surface area (Å²) in [6.07, 6.45) is 0.835. The Labute approximate surface area is 121 Å². The van der Waals surface area contributed by atoms with E-state index in [1.165, 1.54) is 0 Å². The molecule has 20 heavy (non-hydrogen) atoms. The smallest absolute Gasteiger partial charge is 0.233 e. The zero-order chi connectivity index (χ0) is 15.0. The van der Waals surface area contributed by atoms with Crippen LogP contribution in [0.1, 0.15) is 26.3 Å². The lowest BCUT2D eigenvalue weighted by atomic mass is 10.1. The standard InChI is InChI=1S/C16H26N2O2/c1-12(2)10-18-16(19)11-17-13(3)9-14-7-5-6-8-15(14)20-4/h5-8,12-13,17H,9-11H2,1-4H3,(H,18,19). The molecule has 0 fully saturated rings. The monoisotopic (exact) mass is 278 g/mol. The van der Waals surface area contributed by atoms with E-state index in [0.717, 1.165) is 24.3 Å². The molecule has 4 heteroatoms. The Balaban J connectivity index is 2.36. The Morgan fingerprint density at radius 3 is 2.60 bits per heavy atom. The minimum atomic E-state index is 0.0468. The third-order valence-corrected chi connectivity index (χ3v) is 3.04. The van der Waals surface area contributed by atoms with E-state index in [9.17, 15) is 4.79 Å². The van der Waals surface area contributed by atoms with Gasteiger partial charge in [-0.25, -0.2) is 0 Å². The maximum Gasteiger partial charge on any atom is 0.233 e. The second kappa shape index (κ2) is 8.59. The predicted molar refractivity (Wildman–Crippen MR) is 82.0 cm³/mol. The van der Waals surface area contributed by atoms with Gasteiger partial charge in [-0.1, -0.05) is 32.0 Å². The Hall–Kier alpha value is -1.55. The van der Waals surface area contributed by atoms with Gasteiger partial charge >= 0.3 is 0 Å². The van der Waals surface area contributed by atoms with Crippen molar-refractivity contribution in [3.05, 3.63) is 29.8 Å². The Morgan fingerprint density at radius 2 is 1.95 bits per heavy atom. The zero-order valence-electron chi connectivity index (χ0n) is 12.9. The highest BCUT2D eigenvalue weighted by Gasteiger charge is 2.09. The number of benzene rings is 1. The van der Waals surface area contributed by atoms with Crippen LogP contribution in [0.15, 0.2) is 24.3 Å². The highest BCUT2D eigenvalue weighted by atomic mass is 16.5. The summed E-state index contributed by atoms with van der Waals surface area (Å²) in [7, 11) is 1.68. The first-order valence-electron chi connectivity index (χ1n) is 7.15. The van der Waals surface area contributed by atoms with E-state index in [0.29, 0.717) is 12.5 Å². The minimum Gasteiger partial charge on any atom is -0.496 e. The van der Waals surface area contributed by atoms with Crippen molar-refractivity contribution in [1.82, 2.24) is 10.6 Å². The van der Waals surface area contributed by atoms with Crippen LogP contribution in [-0.2, 0) is 11.2 Å². The number of nitrogens with one attached hydrogen (secondary N) is 2. The fourth-order valence-corrected chi connectivity index (χ4v) is 1.92. The van der Waals surface area contributed by atoms with Gasteiger partial charge in [-0.05, 0) is 30.9 Å². The summed E-state index contributed by atoms with van der Waals surface area (Å²) in [6, 6.07) is 8.18. The zero-order valence-corrected chi connectivity index (χ0v) is 12.9. The Morgan fingerprint density at radius 1 is 1.25 bits per heavy atom. The van der Waals surface area contributed by atoms with Crippen LogP contribution in [0.2, 0.25) is 0 Å². The summed E-state index contributed by atoms with van der Waals surface area (Å²) in [5.41, 5.74) is 1.15. The van der Waals surface area contributed by atoms with Crippen LogP contribution in [-0.4, -0.2) is 32.1 Å². The van der Waals surface area contributed by atoms with E-state index in [1.54, 1.807) is 7.11 Å². The van der Waals surface area contributed by atoms with Gasteiger partial charge in [0.15, 0.2) is 0 Å². The summed E-state index contributed by atoms with van der Waals surface area (Å²) in [4.78, 5) is 11.6. The normalized spacial score (nSPS) is 12.2. The fraction of sp³-hybridized carbons (Fsp3) is 0.562. The number of carbonyl (C=O) groups is 1. The molecule has 1 unspecified atom stereocenters. The van der Waals surface area contributed by atoms with Gasteiger partial charge in [-0.15, -0.1) is 0 Å². The number of hydrogen-bond donors (Lipinski definition) is 2. The average Bonchev–Trinajstić information content (AvgIpc) is 2.43. The molecule has 0 heterocycles. The molecule has 1 aromatic rings. The first-order valence-corrected chi connectivity index (χ1v) is 7.15. The largest absolute Gasteiger partial charge is 0.496 e. The fourth-order valence-electron chi connectivity index (χ4n) is 1.92. The molecule has 0 spiro atoms. The molecule has 4 nitrogen and oxygen atoms in total. The van der Waals surface area contributed by atoms with E-state index < -0.39 is 0 Å². The number of methoxy groups -OCH3 is 1. The van der Waals surface area contributed by atoms with Gasteiger partial charge in [-0.2, -0.15) is 0 Å². The predicted octanol–water partition coefficient (Wildman–Crippen LogP) is 1.99. The van der Waals surface area contributed by atoms with E-state index in [-0.39, 0.29) is 11.9 Å². The van der Waals surface area contributed by atoms with Crippen molar-refractivity contribution in [2.24, 2.45) is 5.92 Å². The first kappa shape index (κ1) is 16.5. The quantitative estimate of drug-likeness (QED) is 0.764. The lowest BCUT2D eigenvalue weighted by Gasteiger charge is -2.16. The molecule has 112 valence electrons. The van der Waals surface area contributed by atoms with Crippen molar-refractivity contribution < 1.29 is 9.53 Å². The van der Waals surface area contributed by atoms with Crippen molar-refractivity contribution in [2.45, 2.75) is 33.2 Å². The van der Waals surface area contributed by atoms with E-state index in [2.05, 4.69) is 37.5 Å². The van der Waals surface area contributed by atoms with Crippen LogP contribution in [0.3, 0.4) is 0 Å². The van der Waals surface area contributed by atoms with E-state index in [1.807, 2.05) is 18.2 Å². The van der Waals surface area contributed by atoms with Gasteiger partial charge in [0, 0.05) is 12.6 Å². The molecule has 0 aliphatic rings. The molecule has 0 radical (unpaired) electrons. The maximum atomic E-state index is 11.6. The molecule has 0 aliphatic heterocycles. The topological polar surface area (TPSA) is 50.4 Å². The van der Waals surface area contributed by atoms with Crippen molar-refractivity contribution in [2.75, 3.05) is 20.2 Å². The molecular weight excluding hydrogens is 252 g/mol. The molecule has 1 rings (SSSR count). The molecule has 1 aromatic carbocycles. The van der Waals surface area contributed by atoms with Gasteiger partial charge in [0.05, 0.1) is 13.7 Å². The van der Waals surface area contributed by atoms with E-state index >= 15 is 0 Å². The summed E-state index contributed by atoms with van der Waals surface area (Å²) in [6.45, 7) is 7.31. The lowest BCUT2D eigenvalue weighted by Crippen LogP contribution is -2.39. The molecule has 1 amide bonds. The number of amides is 1. The second-order valence-corrected chi connectivity index (χ2v) is 5.50. The van der Waals surface area contributed by atoms with Gasteiger partial charge in [-0.3, -0.25) is 4.79 Å². The summed E-state index contributed by atoms with van der Waals surface area (Å²) >= 11 is 0. The van der Waals surface area contributed by atoms with Crippen LogP contribution in [0.5, 0.6) is 5.75 Å². The highest BCUT2D eigenvalue weighted by molar-refractivity contribution is 5.77. The van der Waals surface area contributed by atoms with Crippen LogP contribution in [0, 0.1) is 5.92 Å². The third-order valence-electron chi connectivity index (χ3n) is 3.04.